The van der Waals surface area contributed by atoms with E-state index in [0.717, 1.165) is 22.3 Å². The van der Waals surface area contributed by atoms with Gasteiger partial charge in [0.05, 0.1) is 30.2 Å². The second kappa shape index (κ2) is 16.8. The highest BCUT2D eigenvalue weighted by molar-refractivity contribution is 9.10. The number of carbonyl (C=O) groups excluding carboxylic acids is 1. The number of carbonyl (C=O) groups is 1. The number of hydrogen-bond donors (Lipinski definition) is 0. The second-order valence-corrected chi connectivity index (χ2v) is 16.5. The van der Waals surface area contributed by atoms with Crippen LogP contribution < -0.4 is 5.30 Å². The fourth-order valence-corrected chi connectivity index (χ4v) is 9.44. The van der Waals surface area contributed by atoms with E-state index in [0.29, 0.717) is 43.3 Å². The number of ketones is 1. The van der Waals surface area contributed by atoms with Crippen LogP contribution in [0.5, 0.6) is 0 Å². The van der Waals surface area contributed by atoms with Crippen molar-refractivity contribution in [1.29, 1.82) is 0 Å². The third kappa shape index (κ3) is 9.01. The number of aromatic nitrogens is 1. The Labute approximate surface area is 295 Å². The lowest BCUT2D eigenvalue weighted by Gasteiger charge is -2.20. The van der Waals surface area contributed by atoms with Gasteiger partial charge in [-0.25, -0.2) is 4.98 Å². The van der Waals surface area contributed by atoms with E-state index in [9.17, 15) is 23.0 Å². The molecule has 0 aliphatic rings. The Morgan fingerprint density at radius 2 is 1.45 bits per heavy atom. The van der Waals surface area contributed by atoms with Crippen LogP contribution in [0.1, 0.15) is 46.6 Å². The summed E-state index contributed by atoms with van der Waals surface area (Å²) in [6.07, 6.45) is -0.556. The SMILES string of the molecule is CCOP(=O)(OCC)c1cc(-c2ccc(CSCc3ccc(CP(=O)(OF)OF)c(Br)c3)cc2)cc2ccc(C(=O)c3ccccc3)nc12. The first kappa shape index (κ1) is 37.2. The van der Waals surface area contributed by atoms with E-state index >= 15 is 0 Å². The van der Waals surface area contributed by atoms with Crippen LogP contribution in [0.4, 0.5) is 9.05 Å². The van der Waals surface area contributed by atoms with Gasteiger partial charge >= 0.3 is 15.2 Å². The number of pyridine rings is 1. The van der Waals surface area contributed by atoms with Gasteiger partial charge in [0, 0.05) is 26.9 Å². The molecular formula is C35H32BrF2NO7P2S. The van der Waals surface area contributed by atoms with Crippen LogP contribution >= 0.6 is 42.9 Å². The number of benzene rings is 4. The first-order chi connectivity index (χ1) is 23.6. The van der Waals surface area contributed by atoms with Gasteiger partial charge in [0.15, 0.2) is 0 Å². The van der Waals surface area contributed by atoms with Gasteiger partial charge in [0.2, 0.25) is 5.78 Å². The summed E-state index contributed by atoms with van der Waals surface area (Å²) in [6, 6.07) is 29.2. The monoisotopic (exact) mass is 789 g/mol. The number of halogens is 3. The zero-order valence-electron chi connectivity index (χ0n) is 26.5. The third-order valence-electron chi connectivity index (χ3n) is 7.45. The summed E-state index contributed by atoms with van der Waals surface area (Å²) in [5.74, 6) is 1.11. The van der Waals surface area contributed by atoms with Gasteiger partial charge in [-0.3, -0.25) is 13.9 Å². The number of fused-ring (bicyclic) bond motifs is 1. The Bertz CT molecular complexity index is 2020. The van der Waals surface area contributed by atoms with Gasteiger partial charge < -0.3 is 9.05 Å². The smallest absolute Gasteiger partial charge is 0.305 e. The van der Waals surface area contributed by atoms with Crippen molar-refractivity contribution in [3.63, 3.8) is 0 Å². The van der Waals surface area contributed by atoms with Crippen molar-refractivity contribution in [3.8, 4) is 11.1 Å². The molecule has 1 aromatic heterocycles. The molecule has 49 heavy (non-hydrogen) atoms. The average Bonchev–Trinajstić information content (AvgIpc) is 3.12. The maximum Gasteiger partial charge on any atom is 0.399 e. The largest absolute Gasteiger partial charge is 0.399 e. The van der Waals surface area contributed by atoms with Crippen molar-refractivity contribution in [2.75, 3.05) is 13.2 Å². The lowest BCUT2D eigenvalue weighted by molar-refractivity contribution is -0.0881. The number of hydrogen-bond acceptors (Lipinski definition) is 9. The minimum atomic E-state index is -4.49. The molecule has 0 radical (unpaired) electrons. The minimum Gasteiger partial charge on any atom is -0.305 e. The molecule has 5 aromatic rings. The van der Waals surface area contributed by atoms with Gasteiger partial charge in [-0.1, -0.05) is 88.7 Å². The van der Waals surface area contributed by atoms with Crippen LogP contribution in [0.2, 0.25) is 0 Å². The highest BCUT2D eigenvalue weighted by Gasteiger charge is 2.31. The normalized spacial score (nSPS) is 12.0. The zero-order valence-corrected chi connectivity index (χ0v) is 30.7. The van der Waals surface area contributed by atoms with E-state index in [4.69, 9.17) is 9.05 Å². The van der Waals surface area contributed by atoms with Crippen LogP contribution in [0, 0.1) is 0 Å². The summed E-state index contributed by atoms with van der Waals surface area (Å²) in [5, 5.41) is 0.978. The van der Waals surface area contributed by atoms with E-state index in [1.54, 1.807) is 86.3 Å². The van der Waals surface area contributed by atoms with Crippen molar-refractivity contribution in [3.05, 3.63) is 129 Å². The molecule has 1 heterocycles. The van der Waals surface area contributed by atoms with Crippen LogP contribution in [0.15, 0.2) is 102 Å². The Morgan fingerprint density at radius 1 is 0.796 bits per heavy atom. The first-order valence-corrected chi connectivity index (χ1v) is 20.4. The molecule has 4 aromatic carbocycles. The summed E-state index contributed by atoms with van der Waals surface area (Å²) < 4.78 is 69.3. The highest BCUT2D eigenvalue weighted by atomic mass is 79.9. The number of rotatable bonds is 16. The standard InChI is InChI=1S/C35H32BrF2NO7P2S/c1-3-43-48(42,44-4-2)33-20-30(19-28-16-17-32(39-34(28)33)35(40)27-8-6-5-7-9-27)26-13-10-24(11-14-26)22-49-23-25-12-15-29(31(36)18-25)21-47(41,45-37)46-38/h5-20H,3-4,21-23H2,1-2H3. The molecule has 256 valence electrons. The molecule has 0 saturated heterocycles. The topological polar surface area (TPSA) is 101 Å². The molecule has 0 aliphatic heterocycles. The third-order valence-corrected chi connectivity index (χ3v) is 12.5. The Kier molecular flexibility index (Phi) is 12.7. The van der Waals surface area contributed by atoms with Gasteiger partial charge in [-0.15, -0.1) is 9.46 Å². The summed E-state index contributed by atoms with van der Waals surface area (Å²) in [4.78, 5) is 17.9. The molecule has 0 unspecified atom stereocenters. The molecule has 0 saturated carbocycles. The first-order valence-electron chi connectivity index (χ1n) is 15.2. The molecular weight excluding hydrogens is 758 g/mol. The highest BCUT2D eigenvalue weighted by Crippen LogP contribution is 2.53. The minimum absolute atomic E-state index is 0.156. The molecule has 0 spiro atoms. The maximum atomic E-state index is 14.2. The molecule has 14 heteroatoms. The number of thioether (sulfide) groups is 1. The van der Waals surface area contributed by atoms with Crippen LogP contribution in [0.25, 0.3) is 22.0 Å². The summed E-state index contributed by atoms with van der Waals surface area (Å²) in [6.45, 7) is 3.80. The van der Waals surface area contributed by atoms with E-state index in [-0.39, 0.29) is 24.7 Å². The van der Waals surface area contributed by atoms with Gasteiger partial charge in [0.1, 0.15) is 5.69 Å². The quantitative estimate of drug-likeness (QED) is 0.0714. The summed E-state index contributed by atoms with van der Waals surface area (Å²) >= 11 is 5.02. The van der Waals surface area contributed by atoms with Crippen molar-refractivity contribution in [2.24, 2.45) is 0 Å². The Hall–Kier alpha value is -3.05. The predicted molar refractivity (Wildman–Crippen MR) is 192 cm³/mol. The van der Waals surface area contributed by atoms with E-state index in [1.807, 2.05) is 36.4 Å². The molecule has 8 nitrogen and oxygen atoms in total. The van der Waals surface area contributed by atoms with E-state index in [1.165, 1.54) is 0 Å². The van der Waals surface area contributed by atoms with Crippen molar-refractivity contribution in [2.45, 2.75) is 31.5 Å². The predicted octanol–water partition coefficient (Wildman–Crippen LogP) is 10.7. The summed E-state index contributed by atoms with van der Waals surface area (Å²) in [5.41, 5.74) is 5.18. The van der Waals surface area contributed by atoms with Gasteiger partial charge in [-0.2, -0.15) is 11.8 Å². The van der Waals surface area contributed by atoms with Crippen molar-refractivity contribution < 1.29 is 41.5 Å². The molecule has 0 atom stereocenters. The van der Waals surface area contributed by atoms with E-state index < -0.39 is 21.4 Å². The fraction of sp³-hybridized carbons (Fsp3) is 0.200. The second-order valence-electron chi connectivity index (χ2n) is 10.8. The van der Waals surface area contributed by atoms with Crippen LogP contribution in [-0.4, -0.2) is 24.0 Å². The molecule has 0 amide bonds. The van der Waals surface area contributed by atoms with E-state index in [2.05, 4.69) is 30.4 Å². The van der Waals surface area contributed by atoms with Crippen LogP contribution in [0.3, 0.4) is 0 Å². The number of nitrogens with zero attached hydrogens (tertiary/aromatic N) is 1. The Balaban J connectivity index is 1.37. The van der Waals surface area contributed by atoms with Crippen LogP contribution in [-0.2, 0) is 45.3 Å². The lowest BCUT2D eigenvalue weighted by Crippen LogP contribution is -2.15. The van der Waals surface area contributed by atoms with Gasteiger partial charge in [0.25, 0.3) is 0 Å². The lowest BCUT2D eigenvalue weighted by atomic mass is 10.0. The Morgan fingerprint density at radius 3 is 2.08 bits per heavy atom. The molecule has 0 bridgehead atoms. The molecule has 0 aliphatic carbocycles. The summed E-state index contributed by atoms with van der Waals surface area (Å²) in [7, 11) is -8.29. The van der Waals surface area contributed by atoms with Crippen molar-refractivity contribution in [1.82, 2.24) is 4.98 Å². The maximum absolute atomic E-state index is 14.2. The molecule has 5 rings (SSSR count). The van der Waals surface area contributed by atoms with Gasteiger partial charge in [-0.05, 0) is 75.0 Å². The van der Waals surface area contributed by atoms with Crippen molar-refractivity contribution >= 4 is 64.9 Å². The average molecular weight is 791 g/mol. The fourth-order valence-electron chi connectivity index (χ4n) is 5.13. The zero-order chi connectivity index (χ0) is 35.0. The molecule has 0 N–H and O–H groups in total. The molecule has 0 fully saturated rings.